The standard InChI is InChI=1S/C13H22N2S/c1-14-12(16)15-8-13-5-9-2-10(6-13)4-11(3-9)7-13/h9-11H,2-8H2,1H3,(H2,14,15,16). The van der Waals surface area contributed by atoms with Crippen molar-refractivity contribution < 1.29 is 0 Å². The van der Waals surface area contributed by atoms with Gasteiger partial charge in [-0.1, -0.05) is 0 Å². The molecule has 0 atom stereocenters. The molecule has 0 radical (unpaired) electrons. The summed E-state index contributed by atoms with van der Waals surface area (Å²) in [5.41, 5.74) is 0.593. The highest BCUT2D eigenvalue weighted by molar-refractivity contribution is 7.80. The molecule has 0 aromatic heterocycles. The Balaban J connectivity index is 1.67. The second kappa shape index (κ2) is 3.86. The van der Waals surface area contributed by atoms with Gasteiger partial charge in [0.25, 0.3) is 0 Å². The van der Waals surface area contributed by atoms with Crippen molar-refractivity contribution in [2.45, 2.75) is 38.5 Å². The van der Waals surface area contributed by atoms with Crippen molar-refractivity contribution in [2.75, 3.05) is 13.6 Å². The number of hydrogen-bond acceptors (Lipinski definition) is 1. The van der Waals surface area contributed by atoms with E-state index in [2.05, 4.69) is 10.6 Å². The average molecular weight is 238 g/mol. The Kier molecular flexibility index (Phi) is 2.61. The molecule has 4 aliphatic rings. The maximum atomic E-state index is 5.19. The second-order valence-electron chi connectivity index (χ2n) is 6.35. The van der Waals surface area contributed by atoms with E-state index in [1.807, 2.05) is 7.05 Å². The van der Waals surface area contributed by atoms with Crippen LogP contribution in [0.4, 0.5) is 0 Å². The first kappa shape index (κ1) is 10.8. The minimum Gasteiger partial charge on any atom is -0.366 e. The third kappa shape index (κ3) is 1.83. The molecule has 4 bridgehead atoms. The van der Waals surface area contributed by atoms with Gasteiger partial charge in [-0.05, 0) is 73.9 Å². The van der Waals surface area contributed by atoms with Crippen LogP contribution in [0.5, 0.6) is 0 Å². The number of rotatable bonds is 2. The molecule has 2 N–H and O–H groups in total. The van der Waals surface area contributed by atoms with E-state index in [9.17, 15) is 0 Å². The van der Waals surface area contributed by atoms with Gasteiger partial charge in [-0.15, -0.1) is 0 Å². The Hall–Kier alpha value is -0.310. The fourth-order valence-corrected chi connectivity index (χ4v) is 4.93. The molecule has 4 fully saturated rings. The lowest BCUT2D eigenvalue weighted by molar-refractivity contribution is -0.0491. The highest BCUT2D eigenvalue weighted by Crippen LogP contribution is 2.59. The van der Waals surface area contributed by atoms with Crippen molar-refractivity contribution in [3.05, 3.63) is 0 Å². The van der Waals surface area contributed by atoms with Crippen LogP contribution in [0.3, 0.4) is 0 Å². The van der Waals surface area contributed by atoms with Crippen molar-refractivity contribution >= 4 is 17.3 Å². The summed E-state index contributed by atoms with van der Waals surface area (Å²) in [6, 6.07) is 0. The van der Waals surface area contributed by atoms with E-state index in [4.69, 9.17) is 12.2 Å². The Bertz CT molecular complexity index is 265. The van der Waals surface area contributed by atoms with Crippen LogP contribution >= 0.6 is 12.2 Å². The molecule has 0 unspecified atom stereocenters. The van der Waals surface area contributed by atoms with Crippen LogP contribution in [0.2, 0.25) is 0 Å². The molecule has 0 aromatic carbocycles. The molecule has 16 heavy (non-hydrogen) atoms. The van der Waals surface area contributed by atoms with Gasteiger partial charge < -0.3 is 10.6 Å². The van der Waals surface area contributed by atoms with Crippen molar-refractivity contribution in [1.29, 1.82) is 0 Å². The summed E-state index contributed by atoms with van der Waals surface area (Å²) < 4.78 is 0. The summed E-state index contributed by atoms with van der Waals surface area (Å²) >= 11 is 5.19. The molecule has 90 valence electrons. The summed E-state index contributed by atoms with van der Waals surface area (Å²) in [6.45, 7) is 1.11. The lowest BCUT2D eigenvalue weighted by Gasteiger charge is -2.57. The molecule has 4 rings (SSSR count). The highest BCUT2D eigenvalue weighted by Gasteiger charge is 2.50. The van der Waals surface area contributed by atoms with E-state index >= 15 is 0 Å². The van der Waals surface area contributed by atoms with E-state index in [0.29, 0.717) is 5.41 Å². The fraction of sp³-hybridized carbons (Fsp3) is 0.923. The van der Waals surface area contributed by atoms with E-state index in [0.717, 1.165) is 29.4 Å². The Morgan fingerprint density at radius 2 is 1.62 bits per heavy atom. The second-order valence-corrected chi connectivity index (χ2v) is 6.76. The van der Waals surface area contributed by atoms with Gasteiger partial charge in [0.2, 0.25) is 0 Å². The van der Waals surface area contributed by atoms with Gasteiger partial charge in [-0.25, -0.2) is 0 Å². The average Bonchev–Trinajstić information content (AvgIpc) is 2.24. The zero-order valence-electron chi connectivity index (χ0n) is 10.1. The maximum Gasteiger partial charge on any atom is 0.166 e. The van der Waals surface area contributed by atoms with Crippen LogP contribution in [0.15, 0.2) is 0 Å². The monoisotopic (exact) mass is 238 g/mol. The van der Waals surface area contributed by atoms with Crippen molar-refractivity contribution in [1.82, 2.24) is 10.6 Å². The third-order valence-corrected chi connectivity index (χ3v) is 5.36. The lowest BCUT2D eigenvalue weighted by Crippen LogP contribution is -2.52. The van der Waals surface area contributed by atoms with Crippen LogP contribution in [-0.2, 0) is 0 Å². The van der Waals surface area contributed by atoms with Gasteiger partial charge in [0, 0.05) is 13.6 Å². The summed E-state index contributed by atoms with van der Waals surface area (Å²) in [5.74, 6) is 3.11. The summed E-state index contributed by atoms with van der Waals surface area (Å²) in [4.78, 5) is 0. The minimum absolute atomic E-state index is 0.593. The summed E-state index contributed by atoms with van der Waals surface area (Å²) in [7, 11) is 1.90. The molecule has 0 heterocycles. The minimum atomic E-state index is 0.593. The Labute approximate surface area is 104 Å². The van der Waals surface area contributed by atoms with Crippen LogP contribution < -0.4 is 10.6 Å². The maximum absolute atomic E-state index is 5.19. The van der Waals surface area contributed by atoms with E-state index in [-0.39, 0.29) is 0 Å². The summed E-state index contributed by atoms with van der Waals surface area (Å²) in [5, 5.41) is 7.24. The molecule has 0 aliphatic heterocycles. The number of thiocarbonyl (C=S) groups is 1. The quantitative estimate of drug-likeness (QED) is 0.722. The fourth-order valence-electron chi connectivity index (χ4n) is 4.86. The van der Waals surface area contributed by atoms with E-state index in [1.165, 1.54) is 38.5 Å². The van der Waals surface area contributed by atoms with Crippen LogP contribution in [0.25, 0.3) is 0 Å². The SMILES string of the molecule is CNC(=S)NCC12CC3CC(CC(C3)C1)C2. The van der Waals surface area contributed by atoms with Crippen LogP contribution in [0.1, 0.15) is 38.5 Å². The van der Waals surface area contributed by atoms with Crippen LogP contribution in [-0.4, -0.2) is 18.7 Å². The normalized spacial score (nSPS) is 44.4. The first-order valence-electron chi connectivity index (χ1n) is 6.65. The largest absolute Gasteiger partial charge is 0.366 e. The van der Waals surface area contributed by atoms with E-state index in [1.54, 1.807) is 0 Å². The topological polar surface area (TPSA) is 24.1 Å². The zero-order valence-corrected chi connectivity index (χ0v) is 10.9. The van der Waals surface area contributed by atoms with Gasteiger partial charge in [-0.2, -0.15) is 0 Å². The summed E-state index contributed by atoms with van der Waals surface area (Å²) in [6.07, 6.45) is 8.94. The van der Waals surface area contributed by atoms with Gasteiger partial charge >= 0.3 is 0 Å². The first-order chi connectivity index (χ1) is 7.69. The third-order valence-electron chi connectivity index (χ3n) is 5.02. The van der Waals surface area contributed by atoms with Crippen molar-refractivity contribution in [2.24, 2.45) is 23.2 Å². The molecule has 0 aromatic rings. The zero-order chi connectivity index (χ0) is 11.2. The molecule has 0 spiro atoms. The highest BCUT2D eigenvalue weighted by atomic mass is 32.1. The molecule has 0 saturated heterocycles. The Morgan fingerprint density at radius 3 is 2.06 bits per heavy atom. The van der Waals surface area contributed by atoms with Crippen molar-refractivity contribution in [3.63, 3.8) is 0 Å². The van der Waals surface area contributed by atoms with Gasteiger partial charge in [-0.3, -0.25) is 0 Å². The van der Waals surface area contributed by atoms with Gasteiger partial charge in [0.15, 0.2) is 5.11 Å². The van der Waals surface area contributed by atoms with Gasteiger partial charge in [0.1, 0.15) is 0 Å². The molecular formula is C13H22N2S. The molecule has 2 nitrogen and oxygen atoms in total. The smallest absolute Gasteiger partial charge is 0.166 e. The predicted molar refractivity (Wildman–Crippen MR) is 70.3 cm³/mol. The first-order valence-corrected chi connectivity index (χ1v) is 7.05. The Morgan fingerprint density at radius 1 is 1.12 bits per heavy atom. The van der Waals surface area contributed by atoms with E-state index < -0.39 is 0 Å². The molecule has 4 saturated carbocycles. The van der Waals surface area contributed by atoms with Crippen molar-refractivity contribution in [3.8, 4) is 0 Å². The molecule has 0 amide bonds. The number of hydrogen-bond donors (Lipinski definition) is 2. The molecule has 3 heteroatoms. The van der Waals surface area contributed by atoms with Crippen LogP contribution in [0, 0.1) is 23.2 Å². The number of nitrogens with one attached hydrogen (secondary N) is 2. The molecule has 4 aliphatic carbocycles. The molecular weight excluding hydrogens is 216 g/mol. The van der Waals surface area contributed by atoms with Gasteiger partial charge in [0.05, 0.1) is 0 Å². The lowest BCUT2D eigenvalue weighted by atomic mass is 9.49. The predicted octanol–water partition coefficient (Wildman–Crippen LogP) is 2.30.